The van der Waals surface area contributed by atoms with Gasteiger partial charge in [0.05, 0.1) is 11.4 Å². The molecule has 0 unspecified atom stereocenters. The van der Waals surface area contributed by atoms with Crippen molar-refractivity contribution >= 4 is 15.9 Å². The van der Waals surface area contributed by atoms with E-state index in [1.54, 1.807) is 13.8 Å². The van der Waals surface area contributed by atoms with Crippen LogP contribution in [0.1, 0.15) is 25.0 Å². The second-order valence-electron chi connectivity index (χ2n) is 4.98. The van der Waals surface area contributed by atoms with Crippen molar-refractivity contribution in [1.29, 1.82) is 0 Å². The maximum atomic E-state index is 13.3. The molecule has 0 aliphatic rings. The Hall–Kier alpha value is -1.47. The van der Waals surface area contributed by atoms with Crippen molar-refractivity contribution in [2.24, 2.45) is 5.73 Å². The van der Waals surface area contributed by atoms with Crippen molar-refractivity contribution in [3.63, 3.8) is 0 Å². The lowest BCUT2D eigenvalue weighted by Gasteiger charge is -2.26. The fourth-order valence-electron chi connectivity index (χ4n) is 2.12. The Morgan fingerprint density at radius 1 is 1.30 bits per heavy atom. The highest BCUT2D eigenvalue weighted by molar-refractivity contribution is 7.89. The summed E-state index contributed by atoms with van der Waals surface area (Å²) in [6, 6.07) is 1.88. The first-order valence-corrected chi connectivity index (χ1v) is 7.58. The lowest BCUT2D eigenvalue weighted by Crippen LogP contribution is -2.43. The number of nitrogens with two attached hydrogens (primary N) is 1. The molecule has 0 bridgehead atoms. The molecule has 112 valence electrons. The molecule has 0 fully saturated rings. The van der Waals surface area contributed by atoms with Crippen molar-refractivity contribution in [2.45, 2.75) is 38.6 Å². The standard InChI is InChI=1S/C13H19FN2O3S/c1-8(2)16(7-12(15)17)20(18,19)13-9(3)5-11(14)6-10(13)4/h5-6,8H,7H2,1-4H3,(H2,15,17). The topological polar surface area (TPSA) is 80.5 Å². The summed E-state index contributed by atoms with van der Waals surface area (Å²) >= 11 is 0. The number of primary amides is 1. The molecule has 0 saturated carbocycles. The van der Waals surface area contributed by atoms with Crippen LogP contribution in [-0.4, -0.2) is 31.2 Å². The molecular formula is C13H19FN2O3S. The molecule has 20 heavy (non-hydrogen) atoms. The minimum atomic E-state index is -3.91. The smallest absolute Gasteiger partial charge is 0.244 e. The van der Waals surface area contributed by atoms with Gasteiger partial charge in [0, 0.05) is 6.04 Å². The van der Waals surface area contributed by atoms with Gasteiger partial charge in [0.15, 0.2) is 0 Å². The molecule has 2 N–H and O–H groups in total. The molecule has 0 aliphatic carbocycles. The van der Waals surface area contributed by atoms with Gasteiger partial charge in [0.2, 0.25) is 15.9 Å². The van der Waals surface area contributed by atoms with E-state index < -0.39 is 34.3 Å². The number of rotatable bonds is 5. The van der Waals surface area contributed by atoms with Gasteiger partial charge >= 0.3 is 0 Å². The molecule has 0 aromatic heterocycles. The monoisotopic (exact) mass is 302 g/mol. The number of benzene rings is 1. The van der Waals surface area contributed by atoms with Gasteiger partial charge in [-0.1, -0.05) is 0 Å². The van der Waals surface area contributed by atoms with Crippen LogP contribution in [0.5, 0.6) is 0 Å². The van der Waals surface area contributed by atoms with Crippen LogP contribution < -0.4 is 5.73 Å². The van der Waals surface area contributed by atoms with E-state index in [-0.39, 0.29) is 4.90 Å². The number of aryl methyl sites for hydroxylation is 2. The van der Waals surface area contributed by atoms with Gasteiger partial charge in [-0.2, -0.15) is 4.31 Å². The lowest BCUT2D eigenvalue weighted by molar-refractivity contribution is -0.118. The summed E-state index contributed by atoms with van der Waals surface area (Å²) < 4.78 is 39.6. The molecule has 0 spiro atoms. The fraction of sp³-hybridized carbons (Fsp3) is 0.462. The Kier molecular flexibility index (Phi) is 4.88. The van der Waals surface area contributed by atoms with E-state index in [0.717, 1.165) is 16.4 Å². The maximum Gasteiger partial charge on any atom is 0.244 e. The number of hydrogen-bond acceptors (Lipinski definition) is 3. The van der Waals surface area contributed by atoms with Gasteiger partial charge in [-0.25, -0.2) is 12.8 Å². The van der Waals surface area contributed by atoms with Gasteiger partial charge in [-0.15, -0.1) is 0 Å². The van der Waals surface area contributed by atoms with Crippen LogP contribution in [0.2, 0.25) is 0 Å². The van der Waals surface area contributed by atoms with E-state index in [1.165, 1.54) is 13.8 Å². The largest absolute Gasteiger partial charge is 0.369 e. The van der Waals surface area contributed by atoms with Crippen LogP contribution >= 0.6 is 0 Å². The normalized spacial score (nSPS) is 12.2. The van der Waals surface area contributed by atoms with Gasteiger partial charge in [0.1, 0.15) is 5.82 Å². The number of sulfonamides is 1. The highest BCUT2D eigenvalue weighted by atomic mass is 32.2. The van der Waals surface area contributed by atoms with E-state index >= 15 is 0 Å². The van der Waals surface area contributed by atoms with Gasteiger partial charge < -0.3 is 5.73 Å². The molecule has 0 saturated heterocycles. The van der Waals surface area contributed by atoms with Crippen molar-refractivity contribution in [3.05, 3.63) is 29.1 Å². The first kappa shape index (κ1) is 16.6. The minimum absolute atomic E-state index is 0.0221. The van der Waals surface area contributed by atoms with Crippen molar-refractivity contribution in [3.8, 4) is 0 Å². The predicted octanol–water partition coefficient (Wildman–Crippen LogP) is 1.33. The van der Waals surface area contributed by atoms with Crippen molar-refractivity contribution in [2.75, 3.05) is 6.54 Å². The van der Waals surface area contributed by atoms with E-state index in [1.807, 2.05) is 0 Å². The Morgan fingerprint density at radius 3 is 2.10 bits per heavy atom. The third-order valence-electron chi connectivity index (χ3n) is 2.88. The summed E-state index contributed by atoms with van der Waals surface area (Å²) in [5.74, 6) is -1.23. The van der Waals surface area contributed by atoms with Gasteiger partial charge in [0.25, 0.3) is 0 Å². The van der Waals surface area contributed by atoms with E-state index in [4.69, 9.17) is 5.73 Å². The van der Waals surface area contributed by atoms with Gasteiger partial charge in [-0.3, -0.25) is 4.79 Å². The zero-order valence-corrected chi connectivity index (χ0v) is 12.8. The average Bonchev–Trinajstić information content (AvgIpc) is 2.22. The number of hydrogen-bond donors (Lipinski definition) is 1. The Labute approximate surface area is 118 Å². The molecular weight excluding hydrogens is 283 g/mol. The second kappa shape index (κ2) is 5.88. The number of amides is 1. The Bertz CT molecular complexity index is 603. The lowest BCUT2D eigenvalue weighted by atomic mass is 10.1. The van der Waals surface area contributed by atoms with Crippen LogP contribution in [0.3, 0.4) is 0 Å². The zero-order valence-electron chi connectivity index (χ0n) is 12.0. The molecule has 1 aromatic rings. The number of halogens is 1. The predicted molar refractivity (Wildman–Crippen MR) is 74.1 cm³/mol. The molecule has 5 nitrogen and oxygen atoms in total. The Morgan fingerprint density at radius 2 is 1.75 bits per heavy atom. The quantitative estimate of drug-likeness (QED) is 0.891. The first-order chi connectivity index (χ1) is 9.07. The van der Waals surface area contributed by atoms with Crippen LogP contribution in [0.15, 0.2) is 17.0 Å². The first-order valence-electron chi connectivity index (χ1n) is 6.14. The molecule has 1 rings (SSSR count). The zero-order chi connectivity index (χ0) is 15.7. The SMILES string of the molecule is Cc1cc(F)cc(C)c1S(=O)(=O)N(CC(N)=O)C(C)C. The van der Waals surface area contributed by atoms with Gasteiger partial charge in [-0.05, 0) is 51.0 Å². The molecule has 1 aromatic carbocycles. The highest BCUT2D eigenvalue weighted by Gasteiger charge is 2.31. The van der Waals surface area contributed by atoms with Crippen LogP contribution in [0, 0.1) is 19.7 Å². The number of nitrogens with zero attached hydrogens (tertiary/aromatic N) is 1. The van der Waals surface area contributed by atoms with E-state index in [2.05, 4.69) is 0 Å². The number of carbonyl (C=O) groups excluding carboxylic acids is 1. The summed E-state index contributed by atoms with van der Waals surface area (Å²) in [4.78, 5) is 11.1. The number of carbonyl (C=O) groups is 1. The minimum Gasteiger partial charge on any atom is -0.369 e. The molecule has 0 radical (unpaired) electrons. The fourth-order valence-corrected chi connectivity index (χ4v) is 4.14. The average molecular weight is 302 g/mol. The third kappa shape index (κ3) is 3.34. The summed E-state index contributed by atoms with van der Waals surface area (Å²) in [7, 11) is -3.91. The maximum absolute atomic E-state index is 13.3. The molecule has 0 atom stereocenters. The van der Waals surface area contributed by atoms with Crippen LogP contribution in [-0.2, 0) is 14.8 Å². The second-order valence-corrected chi connectivity index (χ2v) is 6.81. The molecule has 7 heteroatoms. The van der Waals surface area contributed by atoms with E-state index in [0.29, 0.717) is 11.1 Å². The molecule has 1 amide bonds. The van der Waals surface area contributed by atoms with Crippen molar-refractivity contribution in [1.82, 2.24) is 4.31 Å². The summed E-state index contributed by atoms with van der Waals surface area (Å²) in [5.41, 5.74) is 5.71. The summed E-state index contributed by atoms with van der Waals surface area (Å²) in [5, 5.41) is 0. The summed E-state index contributed by atoms with van der Waals surface area (Å²) in [6.45, 7) is 5.93. The Balaban J connectivity index is 3.45. The van der Waals surface area contributed by atoms with Crippen molar-refractivity contribution < 1.29 is 17.6 Å². The highest BCUT2D eigenvalue weighted by Crippen LogP contribution is 2.26. The van der Waals surface area contributed by atoms with E-state index in [9.17, 15) is 17.6 Å². The van der Waals surface area contributed by atoms with Crippen LogP contribution in [0.25, 0.3) is 0 Å². The van der Waals surface area contributed by atoms with Crippen LogP contribution in [0.4, 0.5) is 4.39 Å². The summed E-state index contributed by atoms with van der Waals surface area (Å²) in [6.07, 6.45) is 0. The molecule has 0 heterocycles. The molecule has 0 aliphatic heterocycles. The third-order valence-corrected chi connectivity index (χ3v) is 5.21.